The number of anilines is 1. The van der Waals surface area contributed by atoms with Crippen molar-refractivity contribution >= 4 is 29.0 Å². The second kappa shape index (κ2) is 7.53. The summed E-state index contributed by atoms with van der Waals surface area (Å²) in [6, 6.07) is 7.01. The van der Waals surface area contributed by atoms with E-state index in [1.807, 2.05) is 29.6 Å². The van der Waals surface area contributed by atoms with Gasteiger partial charge >= 0.3 is 0 Å². The number of nitrogens with zero attached hydrogens (tertiary/aromatic N) is 2. The normalized spacial score (nSPS) is 15.9. The Labute approximate surface area is 144 Å². The van der Waals surface area contributed by atoms with E-state index >= 15 is 0 Å². The standard InChI is InChI=1S/C17H20N4O2S/c1-11(22)18-16(13-4-2-3-5-13)17(23)19-14-8-6-12(7-9-14)15-10-24-21-20-15/h6-10,13,16H,2-5H2,1H3,(H,18,22)(H,19,23). The molecule has 1 unspecified atom stereocenters. The Kier molecular flexibility index (Phi) is 5.20. The highest BCUT2D eigenvalue weighted by Gasteiger charge is 2.31. The van der Waals surface area contributed by atoms with Crippen molar-refractivity contribution in [2.75, 3.05) is 5.32 Å². The third-order valence-electron chi connectivity index (χ3n) is 4.32. The molecule has 2 aromatic rings. The van der Waals surface area contributed by atoms with E-state index in [1.165, 1.54) is 18.5 Å². The lowest BCUT2D eigenvalue weighted by Crippen LogP contribution is -2.47. The van der Waals surface area contributed by atoms with E-state index in [2.05, 4.69) is 20.2 Å². The van der Waals surface area contributed by atoms with Crippen molar-refractivity contribution in [3.63, 3.8) is 0 Å². The molecule has 2 amide bonds. The molecule has 1 aliphatic carbocycles. The SMILES string of the molecule is CC(=O)NC(C(=O)Nc1ccc(-c2csnn2)cc1)C1CCCC1. The van der Waals surface area contributed by atoms with Gasteiger partial charge in [-0.1, -0.05) is 29.5 Å². The third kappa shape index (κ3) is 3.97. The molecule has 3 rings (SSSR count). The first-order chi connectivity index (χ1) is 11.6. The summed E-state index contributed by atoms with van der Waals surface area (Å²) in [4.78, 5) is 24.0. The fourth-order valence-electron chi connectivity index (χ4n) is 3.14. The topological polar surface area (TPSA) is 84.0 Å². The quantitative estimate of drug-likeness (QED) is 0.873. The number of amides is 2. The van der Waals surface area contributed by atoms with Crippen molar-refractivity contribution in [2.24, 2.45) is 5.92 Å². The molecule has 1 aromatic heterocycles. The number of benzene rings is 1. The van der Waals surface area contributed by atoms with Crippen molar-refractivity contribution in [3.05, 3.63) is 29.6 Å². The molecule has 24 heavy (non-hydrogen) atoms. The van der Waals surface area contributed by atoms with Crippen molar-refractivity contribution in [3.8, 4) is 11.3 Å². The maximum Gasteiger partial charge on any atom is 0.247 e. The van der Waals surface area contributed by atoms with Gasteiger partial charge in [-0.15, -0.1) is 5.10 Å². The number of aromatic nitrogens is 2. The summed E-state index contributed by atoms with van der Waals surface area (Å²) in [5.74, 6) is -0.108. The van der Waals surface area contributed by atoms with E-state index in [0.29, 0.717) is 5.69 Å². The predicted molar refractivity (Wildman–Crippen MR) is 93.5 cm³/mol. The lowest BCUT2D eigenvalue weighted by molar-refractivity contribution is -0.126. The van der Waals surface area contributed by atoms with Gasteiger partial charge in [0.05, 0.1) is 0 Å². The molecule has 1 fully saturated rings. The van der Waals surface area contributed by atoms with Crippen LogP contribution in [0.25, 0.3) is 11.3 Å². The molecular formula is C17H20N4O2S. The average Bonchev–Trinajstić information content (AvgIpc) is 3.26. The highest BCUT2D eigenvalue weighted by molar-refractivity contribution is 7.03. The van der Waals surface area contributed by atoms with E-state index in [-0.39, 0.29) is 17.7 Å². The van der Waals surface area contributed by atoms with Crippen LogP contribution < -0.4 is 10.6 Å². The lowest BCUT2D eigenvalue weighted by Gasteiger charge is -2.23. The van der Waals surface area contributed by atoms with Gasteiger partial charge < -0.3 is 10.6 Å². The Balaban J connectivity index is 1.68. The van der Waals surface area contributed by atoms with Gasteiger partial charge in [-0.05, 0) is 42.4 Å². The van der Waals surface area contributed by atoms with E-state index in [4.69, 9.17) is 0 Å². The number of nitrogens with one attached hydrogen (secondary N) is 2. The molecule has 6 nitrogen and oxygen atoms in total. The van der Waals surface area contributed by atoms with Crippen LogP contribution in [0.5, 0.6) is 0 Å². The van der Waals surface area contributed by atoms with Crippen LogP contribution in [-0.4, -0.2) is 27.4 Å². The molecule has 1 aromatic carbocycles. The molecule has 1 saturated carbocycles. The molecule has 2 N–H and O–H groups in total. The van der Waals surface area contributed by atoms with Gasteiger partial charge in [0, 0.05) is 23.6 Å². The van der Waals surface area contributed by atoms with Crippen LogP contribution in [0.2, 0.25) is 0 Å². The minimum atomic E-state index is -0.465. The summed E-state index contributed by atoms with van der Waals surface area (Å²) in [5.41, 5.74) is 2.48. The van der Waals surface area contributed by atoms with Gasteiger partial charge in [-0.25, -0.2) is 0 Å². The monoisotopic (exact) mass is 344 g/mol. The first kappa shape index (κ1) is 16.6. The van der Waals surface area contributed by atoms with Crippen molar-refractivity contribution in [1.82, 2.24) is 14.9 Å². The summed E-state index contributed by atoms with van der Waals surface area (Å²) in [7, 11) is 0. The zero-order valence-electron chi connectivity index (χ0n) is 13.5. The summed E-state index contributed by atoms with van der Waals surface area (Å²) in [6.45, 7) is 1.45. The maximum absolute atomic E-state index is 12.6. The Morgan fingerprint density at radius 2 is 1.92 bits per heavy atom. The molecule has 0 saturated heterocycles. The Morgan fingerprint density at radius 3 is 2.50 bits per heavy atom. The van der Waals surface area contributed by atoms with Crippen molar-refractivity contribution in [1.29, 1.82) is 0 Å². The van der Waals surface area contributed by atoms with Crippen LogP contribution in [-0.2, 0) is 9.59 Å². The van der Waals surface area contributed by atoms with Gasteiger partial charge in [0.2, 0.25) is 11.8 Å². The molecule has 0 bridgehead atoms. The fourth-order valence-corrected chi connectivity index (χ4v) is 3.61. The average molecular weight is 344 g/mol. The Hall–Kier alpha value is -2.28. The van der Waals surface area contributed by atoms with Crippen LogP contribution >= 0.6 is 11.5 Å². The van der Waals surface area contributed by atoms with Crippen molar-refractivity contribution in [2.45, 2.75) is 38.6 Å². The van der Waals surface area contributed by atoms with Gasteiger partial charge in [0.15, 0.2) is 0 Å². The first-order valence-corrected chi connectivity index (χ1v) is 8.92. The molecule has 1 aliphatic rings. The number of rotatable bonds is 5. The van der Waals surface area contributed by atoms with Gasteiger partial charge in [-0.2, -0.15) is 0 Å². The maximum atomic E-state index is 12.6. The largest absolute Gasteiger partial charge is 0.344 e. The second-order valence-corrected chi connectivity index (χ2v) is 6.69. The molecule has 0 spiro atoms. The van der Waals surface area contributed by atoms with Crippen molar-refractivity contribution < 1.29 is 9.59 Å². The predicted octanol–water partition coefficient (Wildman–Crippen LogP) is 2.84. The van der Waals surface area contributed by atoms with Crippen LogP contribution in [0.1, 0.15) is 32.6 Å². The summed E-state index contributed by atoms with van der Waals surface area (Å²) in [6.07, 6.45) is 4.19. The molecule has 126 valence electrons. The smallest absolute Gasteiger partial charge is 0.247 e. The number of hydrogen-bond acceptors (Lipinski definition) is 5. The third-order valence-corrected chi connectivity index (χ3v) is 4.83. The molecule has 1 heterocycles. The Bertz CT molecular complexity index is 694. The van der Waals surface area contributed by atoms with Crippen LogP contribution in [0.4, 0.5) is 5.69 Å². The highest BCUT2D eigenvalue weighted by atomic mass is 32.1. The minimum absolute atomic E-state index is 0.153. The lowest BCUT2D eigenvalue weighted by atomic mass is 9.97. The van der Waals surface area contributed by atoms with Gasteiger partial charge in [0.1, 0.15) is 11.7 Å². The van der Waals surface area contributed by atoms with Crippen LogP contribution in [0.3, 0.4) is 0 Å². The molecular weight excluding hydrogens is 324 g/mol. The Morgan fingerprint density at radius 1 is 1.21 bits per heavy atom. The zero-order valence-corrected chi connectivity index (χ0v) is 14.3. The summed E-state index contributed by atoms with van der Waals surface area (Å²) >= 11 is 1.30. The number of hydrogen-bond donors (Lipinski definition) is 2. The summed E-state index contributed by atoms with van der Waals surface area (Å²) in [5, 5.41) is 11.6. The second-order valence-electron chi connectivity index (χ2n) is 6.08. The zero-order chi connectivity index (χ0) is 16.9. The summed E-state index contributed by atoms with van der Waals surface area (Å²) < 4.78 is 3.85. The molecule has 0 aliphatic heterocycles. The van der Waals surface area contributed by atoms with Gasteiger partial charge in [-0.3, -0.25) is 9.59 Å². The van der Waals surface area contributed by atoms with Gasteiger partial charge in [0.25, 0.3) is 0 Å². The molecule has 7 heteroatoms. The number of carbonyl (C=O) groups is 2. The minimum Gasteiger partial charge on any atom is -0.344 e. The molecule has 1 atom stereocenters. The van der Waals surface area contributed by atoms with E-state index in [1.54, 1.807) is 0 Å². The number of carbonyl (C=O) groups excluding carboxylic acids is 2. The fraction of sp³-hybridized carbons (Fsp3) is 0.412. The van der Waals surface area contributed by atoms with Crippen LogP contribution in [0, 0.1) is 5.92 Å². The molecule has 0 radical (unpaired) electrons. The first-order valence-electron chi connectivity index (χ1n) is 8.09. The van der Waals surface area contributed by atoms with Crippen LogP contribution in [0.15, 0.2) is 29.6 Å². The van der Waals surface area contributed by atoms with E-state index in [9.17, 15) is 9.59 Å². The highest BCUT2D eigenvalue weighted by Crippen LogP contribution is 2.28. The van der Waals surface area contributed by atoms with E-state index in [0.717, 1.165) is 36.9 Å². The van der Waals surface area contributed by atoms with E-state index < -0.39 is 6.04 Å².